The van der Waals surface area contributed by atoms with Gasteiger partial charge in [-0.25, -0.2) is 12.8 Å². The maximum Gasteiger partial charge on any atom is 0.251 e. The van der Waals surface area contributed by atoms with E-state index in [1.807, 2.05) is 18.2 Å². The molecule has 0 radical (unpaired) electrons. The number of aromatic nitrogens is 2. The molecule has 0 saturated heterocycles. The highest BCUT2D eigenvalue weighted by Gasteiger charge is 2.20. The van der Waals surface area contributed by atoms with Crippen LogP contribution in [0.3, 0.4) is 0 Å². The van der Waals surface area contributed by atoms with Gasteiger partial charge in [-0.05, 0) is 56.7 Å². The molecule has 1 heterocycles. The highest BCUT2D eigenvalue weighted by molar-refractivity contribution is 7.92. The Bertz CT molecular complexity index is 1510. The number of nitrogens with zero attached hydrogens (tertiary/aromatic N) is 3. The van der Waals surface area contributed by atoms with Crippen LogP contribution in [0, 0.1) is 12.7 Å². The third kappa shape index (κ3) is 8.20. The Morgan fingerprint density at radius 1 is 1.05 bits per heavy atom. The molecule has 0 spiro atoms. The summed E-state index contributed by atoms with van der Waals surface area (Å²) in [5.41, 5.74) is 8.62. The number of halogens is 1. The van der Waals surface area contributed by atoms with Crippen molar-refractivity contribution in [2.24, 2.45) is 5.73 Å². The second kappa shape index (κ2) is 12.6. The molecule has 0 saturated carbocycles. The van der Waals surface area contributed by atoms with Crippen LogP contribution in [0.5, 0.6) is 0 Å². The number of nitrogens with one attached hydrogen (secondary N) is 1. The molecular weight excluding hydrogens is 521 g/mol. The Kier molecular flexibility index (Phi) is 9.55. The number of sulfonamides is 1. The first-order valence-electron chi connectivity index (χ1n) is 12.1. The lowest BCUT2D eigenvalue weighted by Crippen LogP contribution is -2.28. The number of carbonyl (C=O) groups excluding carboxylic acids is 1. The predicted molar refractivity (Wildman–Crippen MR) is 149 cm³/mol. The molecule has 9 nitrogen and oxygen atoms in total. The van der Waals surface area contributed by atoms with Gasteiger partial charge < -0.3 is 15.6 Å². The number of anilines is 1. The third-order valence-electron chi connectivity index (χ3n) is 5.79. The molecule has 3 aromatic carbocycles. The molecule has 0 unspecified atom stereocenters. The van der Waals surface area contributed by atoms with Crippen molar-refractivity contribution in [3.8, 4) is 11.4 Å². The van der Waals surface area contributed by atoms with Crippen LogP contribution in [0.2, 0.25) is 0 Å². The average molecular weight is 554 g/mol. The molecule has 2 atom stereocenters. The van der Waals surface area contributed by atoms with Gasteiger partial charge in [0.25, 0.3) is 5.91 Å². The van der Waals surface area contributed by atoms with Gasteiger partial charge in [0.2, 0.25) is 21.7 Å². The quantitative estimate of drug-likeness (QED) is 0.337. The van der Waals surface area contributed by atoms with E-state index in [1.165, 1.54) is 42.9 Å². The molecule has 39 heavy (non-hydrogen) atoms. The van der Waals surface area contributed by atoms with Crippen molar-refractivity contribution in [3.63, 3.8) is 0 Å². The van der Waals surface area contributed by atoms with Crippen molar-refractivity contribution in [2.75, 3.05) is 17.6 Å². The number of carbonyl (C=O) groups is 1. The van der Waals surface area contributed by atoms with Crippen LogP contribution in [-0.4, -0.2) is 37.8 Å². The number of rotatable bonds is 7. The highest BCUT2D eigenvalue weighted by Crippen LogP contribution is 2.27. The standard InChI is InChI=1S/C21H24FN5O4S.C7H8/c1-12(23)21-25-19(26-31-21)15-9-16(11-18(10-15)27(3)32(4,29)30)20(28)24-13(2)14-5-7-17(22)8-6-14;1-7-5-3-2-4-6-7/h5-13H,23H2,1-4H3,(H,24,28);2-6H,1H3/t12-,13+;/m0./s1. The number of aryl methyl sites for hydroxylation is 1. The summed E-state index contributed by atoms with van der Waals surface area (Å²) in [5, 5.41) is 6.71. The lowest BCUT2D eigenvalue weighted by Gasteiger charge is -2.19. The molecule has 0 bridgehead atoms. The Morgan fingerprint density at radius 2 is 1.69 bits per heavy atom. The summed E-state index contributed by atoms with van der Waals surface area (Å²) in [4.78, 5) is 17.2. The summed E-state index contributed by atoms with van der Waals surface area (Å²) >= 11 is 0. The zero-order valence-corrected chi connectivity index (χ0v) is 23.2. The molecule has 11 heteroatoms. The first kappa shape index (κ1) is 29.5. The Hall–Kier alpha value is -4.09. The lowest BCUT2D eigenvalue weighted by molar-refractivity contribution is 0.0940. The molecule has 0 aliphatic carbocycles. The van der Waals surface area contributed by atoms with Crippen molar-refractivity contribution in [1.82, 2.24) is 15.5 Å². The molecule has 4 aromatic rings. The van der Waals surface area contributed by atoms with Gasteiger partial charge in [0.15, 0.2) is 0 Å². The fourth-order valence-corrected chi connectivity index (χ4v) is 3.92. The minimum atomic E-state index is -3.59. The van der Waals surface area contributed by atoms with Crippen LogP contribution in [-0.2, 0) is 10.0 Å². The van der Waals surface area contributed by atoms with Gasteiger partial charge in [-0.3, -0.25) is 9.10 Å². The normalized spacial score (nSPS) is 12.6. The van der Waals surface area contributed by atoms with E-state index in [2.05, 4.69) is 34.5 Å². The summed E-state index contributed by atoms with van der Waals surface area (Å²) in [6, 6.07) is 19.6. The second-order valence-corrected chi connectivity index (χ2v) is 11.2. The van der Waals surface area contributed by atoms with E-state index >= 15 is 0 Å². The molecule has 4 rings (SSSR count). The largest absolute Gasteiger partial charge is 0.346 e. The van der Waals surface area contributed by atoms with E-state index in [4.69, 9.17) is 10.3 Å². The first-order chi connectivity index (χ1) is 18.3. The van der Waals surface area contributed by atoms with Gasteiger partial charge in [0.1, 0.15) is 5.82 Å². The van der Waals surface area contributed by atoms with Crippen LogP contribution < -0.4 is 15.4 Å². The molecule has 0 aliphatic heterocycles. The highest BCUT2D eigenvalue weighted by atomic mass is 32.2. The minimum Gasteiger partial charge on any atom is -0.346 e. The van der Waals surface area contributed by atoms with Crippen LogP contribution >= 0.6 is 0 Å². The van der Waals surface area contributed by atoms with Crippen molar-refractivity contribution < 1.29 is 22.1 Å². The SMILES string of the molecule is C[C@H](N)c1nc(-c2cc(C(=O)N[C@H](C)c3ccc(F)cc3)cc(N(C)S(C)(=O)=O)c2)no1.Cc1ccccc1. The molecule has 206 valence electrons. The van der Waals surface area contributed by atoms with Crippen LogP contribution in [0.1, 0.15) is 53.3 Å². The first-order valence-corrected chi connectivity index (χ1v) is 14.0. The van der Waals surface area contributed by atoms with E-state index in [-0.39, 0.29) is 28.8 Å². The lowest BCUT2D eigenvalue weighted by atomic mass is 10.1. The molecular formula is C28H32FN5O4S. The van der Waals surface area contributed by atoms with Gasteiger partial charge in [0.05, 0.1) is 24.0 Å². The summed E-state index contributed by atoms with van der Waals surface area (Å²) in [5.74, 6) is -0.457. The topological polar surface area (TPSA) is 131 Å². The van der Waals surface area contributed by atoms with Crippen LogP contribution in [0.25, 0.3) is 11.4 Å². The Balaban J connectivity index is 0.000000520. The zero-order valence-electron chi connectivity index (χ0n) is 22.4. The molecule has 1 aromatic heterocycles. The molecule has 1 amide bonds. The van der Waals surface area contributed by atoms with Gasteiger partial charge in [-0.2, -0.15) is 4.98 Å². The summed E-state index contributed by atoms with van der Waals surface area (Å²) in [6.07, 6.45) is 1.05. The summed E-state index contributed by atoms with van der Waals surface area (Å²) in [7, 11) is -2.22. The van der Waals surface area contributed by atoms with Crippen molar-refractivity contribution in [2.45, 2.75) is 32.9 Å². The number of hydrogen-bond acceptors (Lipinski definition) is 7. The summed E-state index contributed by atoms with van der Waals surface area (Å²) in [6.45, 7) is 5.52. The van der Waals surface area contributed by atoms with Crippen LogP contribution in [0.15, 0.2) is 77.3 Å². The molecule has 0 fully saturated rings. The second-order valence-electron chi connectivity index (χ2n) is 9.15. The number of amides is 1. The van der Waals surface area contributed by atoms with E-state index in [9.17, 15) is 17.6 Å². The number of nitrogens with two attached hydrogens (primary N) is 1. The van der Waals surface area contributed by atoms with Crippen LogP contribution in [0.4, 0.5) is 10.1 Å². The maximum atomic E-state index is 13.2. The van der Waals surface area contributed by atoms with Crippen molar-refractivity contribution in [1.29, 1.82) is 0 Å². The monoisotopic (exact) mass is 553 g/mol. The fourth-order valence-electron chi connectivity index (χ4n) is 3.43. The van der Waals surface area contributed by atoms with E-state index in [0.717, 1.165) is 10.6 Å². The Labute approximate surface area is 227 Å². The number of benzene rings is 3. The van der Waals surface area contributed by atoms with Gasteiger partial charge in [-0.15, -0.1) is 0 Å². The molecule has 0 aliphatic rings. The maximum absolute atomic E-state index is 13.2. The summed E-state index contributed by atoms with van der Waals surface area (Å²) < 4.78 is 43.5. The van der Waals surface area contributed by atoms with E-state index < -0.39 is 28.0 Å². The van der Waals surface area contributed by atoms with Gasteiger partial charge >= 0.3 is 0 Å². The van der Waals surface area contributed by atoms with E-state index in [0.29, 0.717) is 11.1 Å². The van der Waals surface area contributed by atoms with Crippen molar-refractivity contribution in [3.05, 3.63) is 101 Å². The van der Waals surface area contributed by atoms with Gasteiger partial charge in [0, 0.05) is 18.2 Å². The fraction of sp³-hybridized carbons (Fsp3) is 0.250. The van der Waals surface area contributed by atoms with Gasteiger partial charge in [-0.1, -0.05) is 53.2 Å². The smallest absolute Gasteiger partial charge is 0.251 e. The van der Waals surface area contributed by atoms with Crippen molar-refractivity contribution >= 4 is 21.6 Å². The predicted octanol–water partition coefficient (Wildman–Crippen LogP) is 4.78. The van der Waals surface area contributed by atoms with E-state index in [1.54, 1.807) is 26.0 Å². The Morgan fingerprint density at radius 3 is 2.21 bits per heavy atom. The zero-order chi connectivity index (χ0) is 28.7. The molecule has 3 N–H and O–H groups in total. The third-order valence-corrected chi connectivity index (χ3v) is 6.99. The number of hydrogen-bond donors (Lipinski definition) is 2. The minimum absolute atomic E-state index is 0.168. The average Bonchev–Trinajstić information content (AvgIpc) is 3.40.